The first-order valence-corrected chi connectivity index (χ1v) is 8.45. The first kappa shape index (κ1) is 15.3. The molecule has 0 bridgehead atoms. The van der Waals surface area contributed by atoms with Crippen LogP contribution >= 0.6 is 0 Å². The van der Waals surface area contributed by atoms with Crippen molar-refractivity contribution in [2.45, 2.75) is 44.6 Å². The highest BCUT2D eigenvalue weighted by atomic mass is 16.5. The predicted octanol–water partition coefficient (Wildman–Crippen LogP) is 3.29. The van der Waals surface area contributed by atoms with E-state index < -0.39 is 0 Å². The predicted molar refractivity (Wildman–Crippen MR) is 88.2 cm³/mol. The Morgan fingerprint density at radius 1 is 1.23 bits per heavy atom. The quantitative estimate of drug-likeness (QED) is 0.907. The lowest BCUT2D eigenvalue weighted by molar-refractivity contribution is -0.117. The molecule has 1 N–H and O–H groups in total. The van der Waals surface area contributed by atoms with E-state index in [-0.39, 0.29) is 5.91 Å². The van der Waals surface area contributed by atoms with Crippen molar-refractivity contribution in [3.05, 3.63) is 24.3 Å². The van der Waals surface area contributed by atoms with Crippen molar-refractivity contribution < 1.29 is 9.53 Å². The SMILES string of the molecule is COc1ccccc1NC(=O)CN1CCCC1C1CCCC1. The number of methoxy groups -OCH3 is 1. The monoisotopic (exact) mass is 302 g/mol. The fourth-order valence-corrected chi connectivity index (χ4v) is 4.05. The summed E-state index contributed by atoms with van der Waals surface area (Å²) in [5.41, 5.74) is 0.756. The van der Waals surface area contributed by atoms with Crippen LogP contribution in [0.4, 0.5) is 5.69 Å². The summed E-state index contributed by atoms with van der Waals surface area (Å²) in [6.45, 7) is 1.56. The van der Waals surface area contributed by atoms with Crippen LogP contribution in [-0.2, 0) is 4.79 Å². The zero-order chi connectivity index (χ0) is 15.4. The van der Waals surface area contributed by atoms with E-state index in [4.69, 9.17) is 4.74 Å². The highest BCUT2D eigenvalue weighted by Crippen LogP contribution is 2.35. The molecule has 4 heteroatoms. The smallest absolute Gasteiger partial charge is 0.238 e. The number of nitrogens with one attached hydrogen (secondary N) is 1. The van der Waals surface area contributed by atoms with E-state index in [9.17, 15) is 4.79 Å². The van der Waals surface area contributed by atoms with Gasteiger partial charge in [0.15, 0.2) is 0 Å². The number of nitrogens with zero attached hydrogens (tertiary/aromatic N) is 1. The highest BCUT2D eigenvalue weighted by Gasteiger charge is 2.34. The molecule has 1 atom stereocenters. The van der Waals surface area contributed by atoms with Gasteiger partial charge >= 0.3 is 0 Å². The van der Waals surface area contributed by atoms with Crippen LogP contribution in [0.25, 0.3) is 0 Å². The summed E-state index contributed by atoms with van der Waals surface area (Å²) >= 11 is 0. The molecule has 22 heavy (non-hydrogen) atoms. The van der Waals surface area contributed by atoms with Crippen LogP contribution in [0.1, 0.15) is 38.5 Å². The Kier molecular flexibility index (Phi) is 4.98. The second kappa shape index (κ2) is 7.14. The van der Waals surface area contributed by atoms with Gasteiger partial charge in [-0.25, -0.2) is 0 Å². The molecule has 1 aliphatic heterocycles. The Labute approximate surface area is 132 Å². The van der Waals surface area contributed by atoms with Crippen molar-refractivity contribution in [2.24, 2.45) is 5.92 Å². The molecule has 1 aromatic rings. The average molecular weight is 302 g/mol. The molecule has 1 aliphatic carbocycles. The molecule has 1 heterocycles. The molecule has 4 nitrogen and oxygen atoms in total. The van der Waals surface area contributed by atoms with Crippen LogP contribution in [-0.4, -0.2) is 37.0 Å². The second-order valence-corrected chi connectivity index (χ2v) is 6.47. The van der Waals surface area contributed by atoms with Crippen molar-refractivity contribution in [1.29, 1.82) is 0 Å². The number of anilines is 1. The van der Waals surface area contributed by atoms with Gasteiger partial charge in [0, 0.05) is 6.04 Å². The highest BCUT2D eigenvalue weighted by molar-refractivity contribution is 5.93. The van der Waals surface area contributed by atoms with Gasteiger partial charge in [-0.2, -0.15) is 0 Å². The minimum absolute atomic E-state index is 0.0643. The third kappa shape index (κ3) is 3.43. The summed E-state index contributed by atoms with van der Waals surface area (Å²) in [6, 6.07) is 8.19. The van der Waals surface area contributed by atoms with Gasteiger partial charge in [0.1, 0.15) is 5.75 Å². The Balaban J connectivity index is 1.59. The number of hydrogen-bond donors (Lipinski definition) is 1. The van der Waals surface area contributed by atoms with Gasteiger partial charge < -0.3 is 10.1 Å². The molecule has 2 fully saturated rings. The standard InChI is InChI=1S/C18H26N2O2/c1-22-17-11-5-4-9-15(17)19-18(21)13-20-12-6-10-16(20)14-7-2-3-8-14/h4-5,9,11,14,16H,2-3,6-8,10,12-13H2,1H3,(H,19,21). The molecule has 1 saturated heterocycles. The Hall–Kier alpha value is -1.55. The van der Waals surface area contributed by atoms with Crippen molar-refractivity contribution in [2.75, 3.05) is 25.5 Å². The topological polar surface area (TPSA) is 41.6 Å². The van der Waals surface area contributed by atoms with Crippen molar-refractivity contribution >= 4 is 11.6 Å². The summed E-state index contributed by atoms with van der Waals surface area (Å²) in [6.07, 6.45) is 7.89. The maximum Gasteiger partial charge on any atom is 0.238 e. The molecule has 0 radical (unpaired) electrons. The van der Waals surface area contributed by atoms with Gasteiger partial charge in [-0.15, -0.1) is 0 Å². The molecule has 1 saturated carbocycles. The number of para-hydroxylation sites is 2. The molecule has 1 unspecified atom stereocenters. The maximum absolute atomic E-state index is 12.4. The molecule has 1 aromatic carbocycles. The van der Waals surface area contributed by atoms with Gasteiger partial charge in [-0.3, -0.25) is 9.69 Å². The van der Waals surface area contributed by atoms with Crippen LogP contribution < -0.4 is 10.1 Å². The first-order valence-electron chi connectivity index (χ1n) is 8.45. The normalized spacial score (nSPS) is 22.9. The van der Waals surface area contributed by atoms with Crippen LogP contribution in [0.15, 0.2) is 24.3 Å². The lowest BCUT2D eigenvalue weighted by Gasteiger charge is -2.28. The lowest BCUT2D eigenvalue weighted by Crippen LogP contribution is -2.40. The molecule has 3 rings (SSSR count). The van der Waals surface area contributed by atoms with E-state index >= 15 is 0 Å². The van der Waals surface area contributed by atoms with Crippen molar-refractivity contribution in [3.63, 3.8) is 0 Å². The third-order valence-corrected chi connectivity index (χ3v) is 5.09. The van der Waals surface area contributed by atoms with Crippen molar-refractivity contribution in [1.82, 2.24) is 4.90 Å². The van der Waals surface area contributed by atoms with E-state index in [1.54, 1.807) is 7.11 Å². The van der Waals surface area contributed by atoms with Crippen LogP contribution in [0.2, 0.25) is 0 Å². The Morgan fingerprint density at radius 3 is 2.77 bits per heavy atom. The number of ether oxygens (including phenoxy) is 1. The Bertz CT molecular complexity index is 512. The minimum Gasteiger partial charge on any atom is -0.495 e. The number of carbonyl (C=O) groups excluding carboxylic acids is 1. The van der Waals surface area contributed by atoms with Crippen LogP contribution in [0.5, 0.6) is 5.75 Å². The van der Waals surface area contributed by atoms with E-state index in [1.807, 2.05) is 24.3 Å². The summed E-state index contributed by atoms with van der Waals surface area (Å²) in [5, 5.41) is 2.99. The number of likely N-dealkylation sites (tertiary alicyclic amines) is 1. The summed E-state index contributed by atoms with van der Waals surface area (Å²) in [5.74, 6) is 1.58. The molecule has 0 spiro atoms. The zero-order valence-corrected chi connectivity index (χ0v) is 13.4. The summed E-state index contributed by atoms with van der Waals surface area (Å²) in [7, 11) is 1.63. The van der Waals surface area contributed by atoms with Gasteiger partial charge in [0.25, 0.3) is 0 Å². The second-order valence-electron chi connectivity index (χ2n) is 6.47. The number of rotatable bonds is 5. The van der Waals surface area contributed by atoms with Gasteiger partial charge in [-0.05, 0) is 50.3 Å². The fourth-order valence-electron chi connectivity index (χ4n) is 4.05. The van der Waals surface area contributed by atoms with E-state index in [0.717, 1.165) is 18.2 Å². The van der Waals surface area contributed by atoms with Gasteiger partial charge in [0.2, 0.25) is 5.91 Å². The third-order valence-electron chi connectivity index (χ3n) is 5.09. The number of amides is 1. The van der Waals surface area contributed by atoms with Gasteiger partial charge in [0.05, 0.1) is 19.3 Å². The summed E-state index contributed by atoms with van der Waals surface area (Å²) < 4.78 is 5.29. The van der Waals surface area contributed by atoms with Crippen LogP contribution in [0, 0.1) is 5.92 Å². The number of carbonyl (C=O) groups is 1. The summed E-state index contributed by atoms with van der Waals surface area (Å²) in [4.78, 5) is 14.8. The lowest BCUT2D eigenvalue weighted by atomic mass is 9.96. The zero-order valence-electron chi connectivity index (χ0n) is 13.4. The molecule has 120 valence electrons. The van der Waals surface area contributed by atoms with E-state index in [0.29, 0.717) is 18.3 Å². The number of benzene rings is 1. The van der Waals surface area contributed by atoms with E-state index in [1.165, 1.54) is 38.5 Å². The molecule has 0 aromatic heterocycles. The Morgan fingerprint density at radius 2 is 2.00 bits per heavy atom. The molecule has 1 amide bonds. The molecular formula is C18H26N2O2. The maximum atomic E-state index is 12.4. The fraction of sp³-hybridized carbons (Fsp3) is 0.611. The first-order chi connectivity index (χ1) is 10.8. The molecular weight excluding hydrogens is 276 g/mol. The van der Waals surface area contributed by atoms with Crippen molar-refractivity contribution in [3.8, 4) is 5.75 Å². The minimum atomic E-state index is 0.0643. The molecule has 2 aliphatic rings. The van der Waals surface area contributed by atoms with Crippen LogP contribution in [0.3, 0.4) is 0 Å². The average Bonchev–Trinajstić information content (AvgIpc) is 3.18. The van der Waals surface area contributed by atoms with Gasteiger partial charge in [-0.1, -0.05) is 25.0 Å². The largest absolute Gasteiger partial charge is 0.495 e. The van der Waals surface area contributed by atoms with E-state index in [2.05, 4.69) is 10.2 Å². The number of hydrogen-bond acceptors (Lipinski definition) is 3.